The second-order valence-corrected chi connectivity index (χ2v) is 6.50. The summed E-state index contributed by atoms with van der Waals surface area (Å²) in [6, 6.07) is -0.375. The van der Waals surface area contributed by atoms with Crippen LogP contribution in [-0.2, 0) is 9.53 Å². The van der Waals surface area contributed by atoms with E-state index in [0.29, 0.717) is 19.4 Å². The monoisotopic (exact) mass is 306 g/mol. The molecular formula is C14H21F3N2O2. The second-order valence-electron chi connectivity index (χ2n) is 6.50. The molecule has 0 aromatic heterocycles. The Morgan fingerprint density at radius 3 is 2.71 bits per heavy atom. The van der Waals surface area contributed by atoms with Crippen LogP contribution in [0.4, 0.5) is 13.2 Å². The molecule has 0 spiro atoms. The molecule has 1 aliphatic heterocycles. The predicted octanol–water partition coefficient (Wildman–Crippen LogP) is 1.59. The SMILES string of the molecule is NC1C2CCOC2C1NC(=O)C1CCCC(C(F)(F)F)C1. The summed E-state index contributed by atoms with van der Waals surface area (Å²) in [5.41, 5.74) is 6.01. The van der Waals surface area contributed by atoms with Gasteiger partial charge in [-0.15, -0.1) is 0 Å². The van der Waals surface area contributed by atoms with Crippen LogP contribution in [0.25, 0.3) is 0 Å². The van der Waals surface area contributed by atoms with Gasteiger partial charge in [-0.3, -0.25) is 4.79 Å². The molecule has 1 heterocycles. The van der Waals surface area contributed by atoms with E-state index in [-0.39, 0.29) is 42.9 Å². The van der Waals surface area contributed by atoms with Crippen LogP contribution in [0.5, 0.6) is 0 Å². The van der Waals surface area contributed by atoms with Crippen LogP contribution in [-0.4, -0.2) is 36.9 Å². The van der Waals surface area contributed by atoms with Gasteiger partial charge in [0.25, 0.3) is 0 Å². The van der Waals surface area contributed by atoms with Crippen molar-refractivity contribution in [1.82, 2.24) is 5.32 Å². The number of ether oxygens (including phenoxy) is 1. The molecule has 3 aliphatic rings. The van der Waals surface area contributed by atoms with E-state index in [1.807, 2.05) is 0 Å². The first-order valence-electron chi connectivity index (χ1n) is 7.62. The summed E-state index contributed by atoms with van der Waals surface area (Å²) < 4.78 is 43.9. The van der Waals surface area contributed by atoms with Crippen molar-refractivity contribution in [2.24, 2.45) is 23.5 Å². The molecule has 21 heavy (non-hydrogen) atoms. The fraction of sp³-hybridized carbons (Fsp3) is 0.929. The Bertz CT molecular complexity index is 416. The number of nitrogens with one attached hydrogen (secondary N) is 1. The first kappa shape index (κ1) is 15.1. The maximum absolute atomic E-state index is 12.8. The van der Waals surface area contributed by atoms with Crippen molar-refractivity contribution in [3.63, 3.8) is 0 Å². The number of alkyl halides is 3. The molecule has 0 bridgehead atoms. The topological polar surface area (TPSA) is 64.3 Å². The van der Waals surface area contributed by atoms with Gasteiger partial charge in [-0.25, -0.2) is 0 Å². The molecular weight excluding hydrogens is 285 g/mol. The third kappa shape index (κ3) is 2.77. The van der Waals surface area contributed by atoms with Gasteiger partial charge < -0.3 is 15.8 Å². The van der Waals surface area contributed by atoms with Crippen LogP contribution in [0, 0.1) is 17.8 Å². The first-order chi connectivity index (χ1) is 9.88. The number of amides is 1. The number of hydrogen-bond donors (Lipinski definition) is 2. The number of nitrogens with two attached hydrogens (primary N) is 1. The van der Waals surface area contributed by atoms with E-state index in [0.717, 1.165) is 6.42 Å². The maximum atomic E-state index is 12.8. The molecule has 120 valence electrons. The molecule has 3 N–H and O–H groups in total. The zero-order valence-electron chi connectivity index (χ0n) is 11.7. The third-order valence-corrected chi connectivity index (χ3v) is 5.26. The predicted molar refractivity (Wildman–Crippen MR) is 69.3 cm³/mol. The quantitative estimate of drug-likeness (QED) is 0.814. The first-order valence-corrected chi connectivity index (χ1v) is 7.62. The van der Waals surface area contributed by atoms with Gasteiger partial charge in [0.1, 0.15) is 0 Å². The van der Waals surface area contributed by atoms with E-state index in [2.05, 4.69) is 5.32 Å². The van der Waals surface area contributed by atoms with Crippen LogP contribution in [0.15, 0.2) is 0 Å². The minimum absolute atomic E-state index is 0.0500. The highest BCUT2D eigenvalue weighted by atomic mass is 19.4. The smallest absolute Gasteiger partial charge is 0.376 e. The van der Waals surface area contributed by atoms with Crippen LogP contribution in [0.2, 0.25) is 0 Å². The average Bonchev–Trinajstić information content (AvgIpc) is 2.88. The molecule has 6 unspecified atom stereocenters. The maximum Gasteiger partial charge on any atom is 0.391 e. The summed E-state index contributed by atoms with van der Waals surface area (Å²) in [6.45, 7) is 0.648. The average molecular weight is 306 g/mol. The summed E-state index contributed by atoms with van der Waals surface area (Å²) in [5.74, 6) is -1.92. The number of carbonyl (C=O) groups is 1. The van der Waals surface area contributed by atoms with Gasteiger partial charge in [0.05, 0.1) is 18.1 Å². The van der Waals surface area contributed by atoms with Gasteiger partial charge in [-0.05, 0) is 25.7 Å². The van der Waals surface area contributed by atoms with Gasteiger partial charge in [-0.1, -0.05) is 6.42 Å². The summed E-state index contributed by atoms with van der Waals surface area (Å²) >= 11 is 0. The van der Waals surface area contributed by atoms with E-state index in [9.17, 15) is 18.0 Å². The zero-order chi connectivity index (χ0) is 15.2. The fourth-order valence-electron chi connectivity index (χ4n) is 3.94. The lowest BCUT2D eigenvalue weighted by molar-refractivity contribution is -0.186. The molecule has 6 atom stereocenters. The van der Waals surface area contributed by atoms with Gasteiger partial charge in [0, 0.05) is 24.5 Å². The Labute approximate surface area is 121 Å². The van der Waals surface area contributed by atoms with Crippen molar-refractivity contribution < 1.29 is 22.7 Å². The van der Waals surface area contributed by atoms with E-state index in [1.54, 1.807) is 0 Å². The number of hydrogen-bond acceptors (Lipinski definition) is 3. The van der Waals surface area contributed by atoms with Crippen LogP contribution < -0.4 is 11.1 Å². The van der Waals surface area contributed by atoms with Gasteiger partial charge in [-0.2, -0.15) is 13.2 Å². The van der Waals surface area contributed by atoms with E-state index in [4.69, 9.17) is 10.5 Å². The molecule has 1 amide bonds. The van der Waals surface area contributed by atoms with E-state index in [1.165, 1.54) is 0 Å². The Morgan fingerprint density at radius 1 is 1.24 bits per heavy atom. The molecule has 4 nitrogen and oxygen atoms in total. The van der Waals surface area contributed by atoms with Crippen molar-refractivity contribution in [3.8, 4) is 0 Å². The lowest BCUT2D eigenvalue weighted by Crippen LogP contribution is -2.69. The van der Waals surface area contributed by atoms with Gasteiger partial charge >= 0.3 is 6.18 Å². The lowest BCUT2D eigenvalue weighted by atomic mass is 9.71. The van der Waals surface area contributed by atoms with Gasteiger partial charge in [0.2, 0.25) is 5.91 Å². The molecule has 2 aliphatic carbocycles. The Balaban J connectivity index is 1.56. The van der Waals surface area contributed by atoms with E-state index < -0.39 is 18.0 Å². The Morgan fingerprint density at radius 2 is 2.00 bits per heavy atom. The highest BCUT2D eigenvalue weighted by Crippen LogP contribution is 2.41. The van der Waals surface area contributed by atoms with Crippen molar-refractivity contribution in [2.45, 2.75) is 56.5 Å². The standard InChI is InChI=1S/C14H21F3N2O2/c15-14(16,17)8-3-1-2-7(6-8)13(20)19-11-10(18)9-4-5-21-12(9)11/h7-12H,1-6,18H2,(H,19,20). The van der Waals surface area contributed by atoms with E-state index >= 15 is 0 Å². The molecule has 0 aromatic rings. The fourth-order valence-corrected chi connectivity index (χ4v) is 3.94. The summed E-state index contributed by atoms with van der Waals surface area (Å²) in [5, 5.41) is 2.82. The molecule has 2 saturated carbocycles. The zero-order valence-corrected chi connectivity index (χ0v) is 11.7. The third-order valence-electron chi connectivity index (χ3n) is 5.26. The minimum atomic E-state index is -4.20. The molecule has 7 heteroatoms. The van der Waals surface area contributed by atoms with Crippen molar-refractivity contribution >= 4 is 5.91 Å². The molecule has 0 radical (unpaired) electrons. The highest BCUT2D eigenvalue weighted by molar-refractivity contribution is 5.79. The van der Waals surface area contributed by atoms with Crippen molar-refractivity contribution in [2.75, 3.05) is 6.61 Å². The Kier molecular flexibility index (Phi) is 3.90. The second kappa shape index (κ2) is 5.43. The lowest BCUT2D eigenvalue weighted by Gasteiger charge is -2.46. The normalized spacial score (nSPS) is 43.0. The molecule has 3 rings (SSSR count). The van der Waals surface area contributed by atoms with Crippen LogP contribution in [0.3, 0.4) is 0 Å². The Hall–Kier alpha value is -0.820. The molecule has 3 fully saturated rings. The van der Waals surface area contributed by atoms with Crippen molar-refractivity contribution in [1.29, 1.82) is 0 Å². The van der Waals surface area contributed by atoms with Crippen molar-refractivity contribution in [3.05, 3.63) is 0 Å². The highest BCUT2D eigenvalue weighted by Gasteiger charge is 2.53. The number of fused-ring (bicyclic) bond motifs is 1. The number of rotatable bonds is 2. The number of halogens is 3. The van der Waals surface area contributed by atoms with Crippen LogP contribution >= 0.6 is 0 Å². The minimum Gasteiger partial charge on any atom is -0.376 e. The summed E-state index contributed by atoms with van der Waals surface area (Å²) in [6.07, 6.45) is -2.36. The number of carbonyl (C=O) groups excluding carboxylic acids is 1. The largest absolute Gasteiger partial charge is 0.391 e. The molecule has 0 aromatic carbocycles. The molecule has 1 saturated heterocycles. The van der Waals surface area contributed by atoms with Crippen LogP contribution in [0.1, 0.15) is 32.1 Å². The van der Waals surface area contributed by atoms with Gasteiger partial charge in [0.15, 0.2) is 0 Å². The summed E-state index contributed by atoms with van der Waals surface area (Å²) in [7, 11) is 0. The summed E-state index contributed by atoms with van der Waals surface area (Å²) in [4.78, 5) is 12.2.